The van der Waals surface area contributed by atoms with Crippen molar-refractivity contribution in [3.05, 3.63) is 70.1 Å². The van der Waals surface area contributed by atoms with Crippen molar-refractivity contribution < 1.29 is 22.7 Å². The fourth-order valence-electron chi connectivity index (χ4n) is 2.45. The number of ether oxygens (including phenoxy) is 1. The predicted octanol–water partition coefficient (Wildman–Crippen LogP) is 4.47. The highest BCUT2D eigenvalue weighted by Gasteiger charge is 2.21. The highest BCUT2D eigenvalue weighted by molar-refractivity contribution is 7.94. The SMILES string of the molecule is COC(=O)c1ccc(NS(=O)(=O)c2cc(-c3cccc(C=O)c3)c(Cl)s2)cc1. The number of rotatable bonds is 6. The molecule has 0 bridgehead atoms. The quantitative estimate of drug-likeness (QED) is 0.455. The second kappa shape index (κ2) is 8.14. The van der Waals surface area contributed by atoms with Crippen molar-refractivity contribution >= 4 is 50.9 Å². The van der Waals surface area contributed by atoms with E-state index in [0.29, 0.717) is 38.6 Å². The number of anilines is 1. The predicted molar refractivity (Wildman–Crippen MR) is 109 cm³/mol. The molecule has 1 aromatic heterocycles. The van der Waals surface area contributed by atoms with Crippen molar-refractivity contribution in [3.8, 4) is 11.1 Å². The molecule has 3 rings (SSSR count). The summed E-state index contributed by atoms with van der Waals surface area (Å²) in [5, 5.41) is 0. The summed E-state index contributed by atoms with van der Waals surface area (Å²) in [6, 6.07) is 14.0. The topological polar surface area (TPSA) is 89.5 Å². The Labute approximate surface area is 170 Å². The molecule has 0 fully saturated rings. The van der Waals surface area contributed by atoms with Crippen LogP contribution in [0.15, 0.2) is 58.8 Å². The molecule has 0 spiro atoms. The Hall–Kier alpha value is -2.68. The monoisotopic (exact) mass is 435 g/mol. The maximum Gasteiger partial charge on any atom is 0.337 e. The first kappa shape index (κ1) is 20.1. The lowest BCUT2D eigenvalue weighted by Gasteiger charge is -2.07. The number of aldehydes is 1. The van der Waals surface area contributed by atoms with E-state index >= 15 is 0 Å². The van der Waals surface area contributed by atoms with Crippen LogP contribution in [0.4, 0.5) is 5.69 Å². The Morgan fingerprint density at radius 3 is 2.50 bits per heavy atom. The van der Waals surface area contributed by atoms with Gasteiger partial charge < -0.3 is 4.74 Å². The van der Waals surface area contributed by atoms with Gasteiger partial charge in [-0.3, -0.25) is 9.52 Å². The van der Waals surface area contributed by atoms with Gasteiger partial charge in [0.25, 0.3) is 10.0 Å². The number of benzene rings is 2. The first-order chi connectivity index (χ1) is 13.3. The van der Waals surface area contributed by atoms with Gasteiger partial charge in [0.2, 0.25) is 0 Å². The van der Waals surface area contributed by atoms with Gasteiger partial charge >= 0.3 is 5.97 Å². The fourth-order valence-corrected chi connectivity index (χ4v) is 5.28. The Kier molecular flexibility index (Phi) is 5.83. The summed E-state index contributed by atoms with van der Waals surface area (Å²) in [5.41, 5.74) is 2.24. The molecule has 0 amide bonds. The number of hydrogen-bond donors (Lipinski definition) is 1. The Bertz CT molecular complexity index is 1140. The van der Waals surface area contributed by atoms with Crippen molar-refractivity contribution in [2.75, 3.05) is 11.8 Å². The minimum absolute atomic E-state index is 0.0288. The summed E-state index contributed by atoms with van der Waals surface area (Å²) in [5.74, 6) is -0.512. The maximum absolute atomic E-state index is 12.7. The van der Waals surface area contributed by atoms with Gasteiger partial charge in [0.15, 0.2) is 0 Å². The smallest absolute Gasteiger partial charge is 0.337 e. The zero-order valence-corrected chi connectivity index (χ0v) is 16.9. The summed E-state index contributed by atoms with van der Waals surface area (Å²) < 4.78 is 32.8. The number of methoxy groups -OCH3 is 1. The molecule has 0 radical (unpaired) electrons. The number of hydrogen-bond acceptors (Lipinski definition) is 6. The molecular weight excluding hydrogens is 422 g/mol. The fraction of sp³-hybridized carbons (Fsp3) is 0.0526. The number of esters is 1. The normalized spacial score (nSPS) is 11.1. The molecule has 1 N–H and O–H groups in total. The highest BCUT2D eigenvalue weighted by Crippen LogP contribution is 2.38. The van der Waals surface area contributed by atoms with Crippen LogP contribution >= 0.6 is 22.9 Å². The van der Waals surface area contributed by atoms with Crippen molar-refractivity contribution in [1.29, 1.82) is 0 Å². The minimum atomic E-state index is -3.88. The lowest BCUT2D eigenvalue weighted by atomic mass is 10.1. The van der Waals surface area contributed by atoms with E-state index in [1.165, 1.54) is 37.4 Å². The molecule has 0 aliphatic carbocycles. The summed E-state index contributed by atoms with van der Waals surface area (Å²) in [6.07, 6.45) is 0.709. The summed E-state index contributed by atoms with van der Waals surface area (Å²) in [7, 11) is -2.61. The number of thiophene rings is 1. The lowest BCUT2D eigenvalue weighted by Crippen LogP contribution is -2.11. The van der Waals surface area contributed by atoms with Crippen molar-refractivity contribution in [2.24, 2.45) is 0 Å². The second-order valence-electron chi connectivity index (χ2n) is 5.67. The van der Waals surface area contributed by atoms with Crippen LogP contribution in [0.1, 0.15) is 20.7 Å². The molecule has 28 heavy (non-hydrogen) atoms. The van der Waals surface area contributed by atoms with Gasteiger partial charge in [-0.2, -0.15) is 0 Å². The average molecular weight is 436 g/mol. The van der Waals surface area contributed by atoms with Gasteiger partial charge in [0.05, 0.1) is 12.7 Å². The standard InChI is InChI=1S/C19H14ClNO5S2/c1-26-19(23)13-5-7-15(8-6-13)21-28(24,25)17-10-16(18(20)27-17)14-4-2-3-12(9-14)11-22/h2-11,21H,1H3. The molecule has 3 aromatic rings. The van der Waals surface area contributed by atoms with Gasteiger partial charge in [-0.05, 0) is 42.0 Å². The zero-order valence-electron chi connectivity index (χ0n) is 14.5. The van der Waals surface area contributed by atoms with Gasteiger partial charge in [0, 0.05) is 16.8 Å². The molecular formula is C19H14ClNO5S2. The van der Waals surface area contributed by atoms with Gasteiger partial charge in [-0.15, -0.1) is 11.3 Å². The summed E-state index contributed by atoms with van der Waals surface area (Å²) in [4.78, 5) is 22.4. The van der Waals surface area contributed by atoms with Gasteiger partial charge in [0.1, 0.15) is 14.8 Å². The zero-order chi connectivity index (χ0) is 20.3. The second-order valence-corrected chi connectivity index (χ2v) is 9.23. The minimum Gasteiger partial charge on any atom is -0.465 e. The van der Waals surface area contributed by atoms with Crippen molar-refractivity contribution in [1.82, 2.24) is 0 Å². The summed E-state index contributed by atoms with van der Waals surface area (Å²) >= 11 is 7.16. The largest absolute Gasteiger partial charge is 0.465 e. The number of halogens is 1. The maximum atomic E-state index is 12.7. The Morgan fingerprint density at radius 1 is 1.14 bits per heavy atom. The molecule has 0 unspecified atom stereocenters. The summed E-state index contributed by atoms with van der Waals surface area (Å²) in [6.45, 7) is 0. The van der Waals surface area contributed by atoms with E-state index in [4.69, 9.17) is 11.6 Å². The van der Waals surface area contributed by atoms with Crippen LogP contribution in [0, 0.1) is 0 Å². The number of sulfonamides is 1. The van der Waals surface area contributed by atoms with Crippen LogP contribution in [0.25, 0.3) is 11.1 Å². The van der Waals surface area contributed by atoms with E-state index in [1.54, 1.807) is 24.3 Å². The van der Waals surface area contributed by atoms with E-state index in [-0.39, 0.29) is 4.21 Å². The van der Waals surface area contributed by atoms with E-state index in [0.717, 1.165) is 11.3 Å². The number of carbonyl (C=O) groups is 2. The van der Waals surface area contributed by atoms with Crippen LogP contribution in [0.5, 0.6) is 0 Å². The number of carbonyl (C=O) groups excluding carboxylic acids is 2. The number of nitrogens with one attached hydrogen (secondary N) is 1. The average Bonchev–Trinajstić information content (AvgIpc) is 3.10. The van der Waals surface area contributed by atoms with E-state index in [1.807, 2.05) is 0 Å². The molecule has 1 heterocycles. The van der Waals surface area contributed by atoms with Crippen molar-refractivity contribution in [2.45, 2.75) is 4.21 Å². The lowest BCUT2D eigenvalue weighted by molar-refractivity contribution is 0.0600. The molecule has 0 aliphatic rings. The van der Waals surface area contributed by atoms with Crippen molar-refractivity contribution in [3.63, 3.8) is 0 Å². The van der Waals surface area contributed by atoms with Crippen LogP contribution in [-0.4, -0.2) is 27.8 Å². The van der Waals surface area contributed by atoms with Gasteiger partial charge in [-0.25, -0.2) is 13.2 Å². The first-order valence-corrected chi connectivity index (χ1v) is 10.6. The van der Waals surface area contributed by atoms with E-state index < -0.39 is 16.0 Å². The Balaban J connectivity index is 1.88. The third-order valence-corrected chi connectivity index (χ3v) is 7.03. The van der Waals surface area contributed by atoms with Crippen LogP contribution in [0.3, 0.4) is 0 Å². The highest BCUT2D eigenvalue weighted by atomic mass is 35.5. The molecule has 6 nitrogen and oxygen atoms in total. The van der Waals surface area contributed by atoms with Gasteiger partial charge in [-0.1, -0.05) is 29.8 Å². The van der Waals surface area contributed by atoms with Crippen LogP contribution in [0.2, 0.25) is 4.34 Å². The molecule has 0 aliphatic heterocycles. The molecule has 2 aromatic carbocycles. The third-order valence-electron chi connectivity index (χ3n) is 3.82. The van der Waals surface area contributed by atoms with Crippen LogP contribution < -0.4 is 4.72 Å². The third kappa shape index (κ3) is 4.24. The van der Waals surface area contributed by atoms with E-state index in [2.05, 4.69) is 9.46 Å². The molecule has 0 saturated heterocycles. The molecule has 0 saturated carbocycles. The Morgan fingerprint density at radius 2 is 1.86 bits per heavy atom. The molecule has 144 valence electrons. The molecule has 9 heteroatoms. The molecule has 0 atom stereocenters. The van der Waals surface area contributed by atoms with Crippen LogP contribution in [-0.2, 0) is 14.8 Å². The first-order valence-electron chi connectivity index (χ1n) is 7.90. The van der Waals surface area contributed by atoms with E-state index in [9.17, 15) is 18.0 Å².